The van der Waals surface area contributed by atoms with Crippen LogP contribution in [0.3, 0.4) is 0 Å². The summed E-state index contributed by atoms with van der Waals surface area (Å²) >= 11 is 0. The lowest BCUT2D eigenvalue weighted by atomic mass is 9.77. The Labute approximate surface area is 237 Å². The number of hydrogen-bond acceptors (Lipinski definition) is 6. The molecule has 3 saturated heterocycles. The Hall–Kier alpha value is -2.81. The maximum absolute atomic E-state index is 13.8. The minimum Gasteiger partial charge on any atom is -0.493 e. The standard InChI is InChI=1S/C31H45N3O6/c1-38-27-17-21-8-9-29(36)34-19-22-16-25(20-33(18-22)31(37)23-10-13-40-14-11-23)26(34)6-3-7-28(35)32-12-4-5-24(15-21)30(27)39-2/h15,17,22-23,25-26H,3-14,16,18-20H2,1-2H3,(H,32,35)/t22-,25-,26-/m0/s1. The molecule has 220 valence electrons. The molecule has 0 radical (unpaired) electrons. The minimum absolute atomic E-state index is 0.0516. The second kappa shape index (κ2) is 13.2. The predicted octanol–water partition coefficient (Wildman–Crippen LogP) is 2.97. The molecule has 0 aliphatic carbocycles. The third kappa shape index (κ3) is 6.56. The number of carbonyl (C=O) groups excluding carboxylic acids is 3. The summed E-state index contributed by atoms with van der Waals surface area (Å²) in [5, 5.41) is 3.07. The highest BCUT2D eigenvalue weighted by Gasteiger charge is 2.44. The summed E-state index contributed by atoms with van der Waals surface area (Å²) in [6.07, 6.45) is 7.22. The average Bonchev–Trinajstić information content (AvgIpc) is 2.98. The number of likely N-dealkylation sites (tertiary alicyclic amines) is 1. The Kier molecular flexibility index (Phi) is 9.50. The van der Waals surface area contributed by atoms with E-state index >= 15 is 0 Å². The number of nitrogens with zero attached hydrogens (tertiary/aromatic N) is 2. The van der Waals surface area contributed by atoms with Crippen molar-refractivity contribution in [1.82, 2.24) is 15.1 Å². The van der Waals surface area contributed by atoms with E-state index < -0.39 is 0 Å². The van der Waals surface area contributed by atoms with E-state index in [1.54, 1.807) is 14.2 Å². The lowest BCUT2D eigenvalue weighted by Crippen LogP contribution is -2.60. The first kappa shape index (κ1) is 28.7. The molecule has 3 fully saturated rings. The zero-order chi connectivity index (χ0) is 28.1. The van der Waals surface area contributed by atoms with Gasteiger partial charge in [0.1, 0.15) is 0 Å². The molecule has 4 aliphatic heterocycles. The monoisotopic (exact) mass is 555 g/mol. The van der Waals surface area contributed by atoms with Crippen LogP contribution in [0.25, 0.3) is 0 Å². The van der Waals surface area contributed by atoms with Crippen LogP contribution in [-0.4, -0.2) is 87.2 Å². The van der Waals surface area contributed by atoms with Crippen molar-refractivity contribution in [2.24, 2.45) is 17.8 Å². The van der Waals surface area contributed by atoms with Crippen molar-refractivity contribution in [3.05, 3.63) is 23.3 Å². The van der Waals surface area contributed by atoms with Gasteiger partial charge in [0.25, 0.3) is 0 Å². The molecule has 4 bridgehead atoms. The van der Waals surface area contributed by atoms with Crippen LogP contribution in [0.1, 0.15) is 62.5 Å². The molecule has 1 aromatic carbocycles. The van der Waals surface area contributed by atoms with Gasteiger partial charge in [0.05, 0.1) is 14.2 Å². The first-order chi connectivity index (χ1) is 19.5. The minimum atomic E-state index is 0.0516. The Bertz CT molecular complexity index is 1070. The number of methoxy groups -OCH3 is 2. The van der Waals surface area contributed by atoms with E-state index in [9.17, 15) is 14.4 Å². The molecule has 3 amide bonds. The van der Waals surface area contributed by atoms with Gasteiger partial charge in [-0.25, -0.2) is 0 Å². The maximum Gasteiger partial charge on any atom is 0.225 e. The van der Waals surface area contributed by atoms with E-state index in [-0.39, 0.29) is 35.6 Å². The number of hydrogen-bond donors (Lipinski definition) is 1. The van der Waals surface area contributed by atoms with Gasteiger partial charge in [-0.3, -0.25) is 14.4 Å². The molecular weight excluding hydrogens is 510 g/mol. The summed E-state index contributed by atoms with van der Waals surface area (Å²) in [7, 11) is 3.28. The van der Waals surface area contributed by atoms with Crippen molar-refractivity contribution in [2.45, 2.75) is 70.3 Å². The Morgan fingerprint density at radius 1 is 0.950 bits per heavy atom. The number of benzene rings is 1. The largest absolute Gasteiger partial charge is 0.493 e. The zero-order valence-electron chi connectivity index (χ0n) is 24.1. The molecule has 0 spiro atoms. The van der Waals surface area contributed by atoms with Crippen molar-refractivity contribution in [3.63, 3.8) is 0 Å². The number of nitrogens with one attached hydrogen (secondary N) is 1. The normalized spacial score (nSPS) is 27.0. The van der Waals surface area contributed by atoms with Crippen LogP contribution in [0.2, 0.25) is 0 Å². The van der Waals surface area contributed by atoms with Crippen LogP contribution in [0.5, 0.6) is 11.5 Å². The van der Waals surface area contributed by atoms with E-state index in [1.807, 2.05) is 6.07 Å². The van der Waals surface area contributed by atoms with Crippen molar-refractivity contribution in [3.8, 4) is 11.5 Å². The van der Waals surface area contributed by atoms with Gasteiger partial charge in [0.2, 0.25) is 17.7 Å². The molecule has 3 atom stereocenters. The summed E-state index contributed by atoms with van der Waals surface area (Å²) in [4.78, 5) is 44.0. The highest BCUT2D eigenvalue weighted by Crippen LogP contribution is 2.38. The Morgan fingerprint density at radius 2 is 1.77 bits per heavy atom. The number of carbonyl (C=O) groups is 3. The second-order valence-corrected chi connectivity index (χ2v) is 11.9. The highest BCUT2D eigenvalue weighted by molar-refractivity contribution is 5.80. The number of amides is 3. The van der Waals surface area contributed by atoms with Crippen molar-refractivity contribution in [1.29, 1.82) is 0 Å². The van der Waals surface area contributed by atoms with Crippen molar-refractivity contribution >= 4 is 17.7 Å². The first-order valence-electron chi connectivity index (χ1n) is 15.1. The van der Waals surface area contributed by atoms with Crippen molar-refractivity contribution < 1.29 is 28.6 Å². The molecule has 0 aromatic heterocycles. The molecule has 4 aliphatic rings. The molecule has 5 rings (SSSR count). The topological polar surface area (TPSA) is 97.4 Å². The van der Waals surface area contributed by atoms with Gasteiger partial charge >= 0.3 is 0 Å². The summed E-state index contributed by atoms with van der Waals surface area (Å²) in [5.41, 5.74) is 2.09. The summed E-state index contributed by atoms with van der Waals surface area (Å²) in [5.74, 6) is 2.46. The van der Waals surface area contributed by atoms with Crippen LogP contribution in [0, 0.1) is 17.8 Å². The van der Waals surface area contributed by atoms with Gasteiger partial charge in [-0.2, -0.15) is 0 Å². The third-order valence-corrected chi connectivity index (χ3v) is 9.26. The molecule has 1 N–H and O–H groups in total. The van der Waals surface area contributed by atoms with E-state index in [1.165, 1.54) is 0 Å². The zero-order valence-corrected chi connectivity index (χ0v) is 24.1. The van der Waals surface area contributed by atoms with Gasteiger partial charge in [0.15, 0.2) is 11.5 Å². The van der Waals surface area contributed by atoms with Crippen LogP contribution >= 0.6 is 0 Å². The fourth-order valence-corrected chi connectivity index (χ4v) is 7.28. The smallest absolute Gasteiger partial charge is 0.225 e. The molecule has 9 nitrogen and oxygen atoms in total. The summed E-state index contributed by atoms with van der Waals surface area (Å²) < 4.78 is 16.8. The van der Waals surface area contributed by atoms with Crippen LogP contribution in [-0.2, 0) is 32.0 Å². The van der Waals surface area contributed by atoms with Crippen LogP contribution in [0.15, 0.2) is 12.1 Å². The lowest BCUT2D eigenvalue weighted by Gasteiger charge is -2.51. The number of fused-ring (bicyclic) bond motifs is 6. The molecular formula is C31H45N3O6. The fraction of sp³-hybridized carbons (Fsp3) is 0.710. The van der Waals surface area contributed by atoms with Gasteiger partial charge in [-0.05, 0) is 80.4 Å². The Balaban J connectivity index is 1.35. The highest BCUT2D eigenvalue weighted by atomic mass is 16.5. The molecule has 0 unspecified atom stereocenters. The SMILES string of the molecule is COc1cc2cc(c1OC)CCCNC(=O)CCC[C@H]1[C@H]3C[C@@H](CN(C(=O)C4CCOCC4)C3)CN1C(=O)CC2. The quantitative estimate of drug-likeness (QED) is 0.616. The van der Waals surface area contributed by atoms with Crippen molar-refractivity contribution in [2.75, 3.05) is 53.6 Å². The van der Waals surface area contributed by atoms with E-state index in [0.717, 1.165) is 62.6 Å². The third-order valence-electron chi connectivity index (χ3n) is 9.26. The van der Waals surface area contributed by atoms with Gasteiger partial charge in [0, 0.05) is 64.2 Å². The summed E-state index contributed by atoms with van der Waals surface area (Å²) in [6.45, 7) is 4.03. The molecule has 0 saturated carbocycles. The lowest BCUT2D eigenvalue weighted by molar-refractivity contribution is -0.149. The maximum atomic E-state index is 13.8. The van der Waals surface area contributed by atoms with E-state index in [0.29, 0.717) is 69.5 Å². The number of ether oxygens (including phenoxy) is 3. The summed E-state index contributed by atoms with van der Waals surface area (Å²) in [6, 6.07) is 4.14. The van der Waals surface area contributed by atoms with Crippen LogP contribution in [0.4, 0.5) is 0 Å². The molecule has 1 aromatic rings. The molecule has 40 heavy (non-hydrogen) atoms. The number of piperidine rings is 2. The predicted molar refractivity (Wildman–Crippen MR) is 150 cm³/mol. The van der Waals surface area contributed by atoms with Gasteiger partial charge in [-0.1, -0.05) is 6.07 Å². The van der Waals surface area contributed by atoms with Gasteiger partial charge < -0.3 is 29.3 Å². The molecule has 9 heteroatoms. The molecule has 4 heterocycles. The number of aryl methyl sites for hydroxylation is 2. The number of rotatable bonds is 3. The second-order valence-electron chi connectivity index (χ2n) is 11.9. The van der Waals surface area contributed by atoms with Crippen LogP contribution < -0.4 is 14.8 Å². The average molecular weight is 556 g/mol. The van der Waals surface area contributed by atoms with E-state index in [4.69, 9.17) is 14.2 Å². The Morgan fingerprint density at radius 3 is 2.55 bits per heavy atom. The fourth-order valence-electron chi connectivity index (χ4n) is 7.28. The van der Waals surface area contributed by atoms with Gasteiger partial charge in [-0.15, -0.1) is 0 Å². The van der Waals surface area contributed by atoms with E-state index in [2.05, 4.69) is 21.2 Å². The first-order valence-corrected chi connectivity index (χ1v) is 15.1.